The van der Waals surface area contributed by atoms with Crippen molar-refractivity contribution in [2.24, 2.45) is 0 Å². The van der Waals surface area contributed by atoms with E-state index < -0.39 is 17.2 Å². The molecule has 0 spiro atoms. The monoisotopic (exact) mass is 468 g/mol. The van der Waals surface area contributed by atoms with Crippen molar-refractivity contribution >= 4 is 40.0 Å². The third kappa shape index (κ3) is 4.30. The molecule has 162 valence electrons. The first-order chi connectivity index (χ1) is 15.3. The fraction of sp³-hybridized carbons (Fsp3) is 0.130. The number of aryl methyl sites for hydroxylation is 1. The highest BCUT2D eigenvalue weighted by Crippen LogP contribution is 2.20. The van der Waals surface area contributed by atoms with Crippen LogP contribution in [0, 0.1) is 6.92 Å². The Labute approximate surface area is 192 Å². The van der Waals surface area contributed by atoms with E-state index >= 15 is 0 Å². The Morgan fingerprint density at radius 3 is 2.62 bits per heavy atom. The molecule has 7 nitrogen and oxygen atoms in total. The van der Waals surface area contributed by atoms with Gasteiger partial charge in [-0.15, -0.1) is 0 Å². The zero-order valence-corrected chi connectivity index (χ0v) is 18.5. The second-order valence-corrected chi connectivity index (χ2v) is 8.09. The molecule has 2 aromatic heterocycles. The average Bonchev–Trinajstić information content (AvgIpc) is 2.78. The second-order valence-electron chi connectivity index (χ2n) is 7.24. The molecule has 0 bridgehead atoms. The molecule has 0 atom stereocenters. The number of rotatable bonds is 5. The Balaban J connectivity index is 1.80. The zero-order valence-electron chi connectivity index (χ0n) is 17.0. The molecule has 0 saturated carbocycles. The van der Waals surface area contributed by atoms with Crippen molar-refractivity contribution in [2.45, 2.75) is 20.0 Å². The molecule has 1 N–H and O–H groups in total. The van der Waals surface area contributed by atoms with Crippen molar-refractivity contribution in [3.8, 4) is 5.69 Å². The van der Waals surface area contributed by atoms with Gasteiger partial charge in [0, 0.05) is 29.0 Å². The summed E-state index contributed by atoms with van der Waals surface area (Å²) in [6.45, 7) is 1.78. The molecule has 0 radical (unpaired) electrons. The van der Waals surface area contributed by atoms with Crippen LogP contribution in [0.3, 0.4) is 0 Å². The number of pyridine rings is 1. The molecule has 4 aromatic rings. The van der Waals surface area contributed by atoms with Gasteiger partial charge in [-0.25, -0.2) is 9.36 Å². The van der Waals surface area contributed by atoms with Crippen molar-refractivity contribution in [1.29, 1.82) is 0 Å². The summed E-state index contributed by atoms with van der Waals surface area (Å²) >= 11 is 12.3. The minimum atomic E-state index is -0.666. The van der Waals surface area contributed by atoms with Crippen LogP contribution in [-0.2, 0) is 17.9 Å². The van der Waals surface area contributed by atoms with Crippen molar-refractivity contribution in [3.05, 3.63) is 103 Å². The summed E-state index contributed by atoms with van der Waals surface area (Å²) in [6.07, 6.45) is 3.28. The largest absolute Gasteiger partial charge is 0.350 e. The third-order valence-corrected chi connectivity index (χ3v) is 5.68. The summed E-state index contributed by atoms with van der Waals surface area (Å²) in [5, 5.41) is 3.79. The molecule has 2 aromatic carbocycles. The van der Waals surface area contributed by atoms with Gasteiger partial charge in [0.25, 0.3) is 5.56 Å². The summed E-state index contributed by atoms with van der Waals surface area (Å²) in [5.74, 6) is -0.399. The number of halogens is 2. The minimum absolute atomic E-state index is 0.255. The van der Waals surface area contributed by atoms with Crippen LogP contribution in [0.2, 0.25) is 10.0 Å². The Hall–Kier alpha value is -3.42. The van der Waals surface area contributed by atoms with E-state index in [1.54, 1.807) is 42.7 Å². The van der Waals surface area contributed by atoms with Crippen LogP contribution < -0.4 is 16.6 Å². The summed E-state index contributed by atoms with van der Waals surface area (Å²) in [5.41, 5.74) is 1.04. The number of hydrogen-bond donors (Lipinski definition) is 1. The van der Waals surface area contributed by atoms with Crippen LogP contribution in [0.15, 0.2) is 70.5 Å². The van der Waals surface area contributed by atoms with Crippen LogP contribution in [0.25, 0.3) is 16.6 Å². The second kappa shape index (κ2) is 8.98. The maximum absolute atomic E-state index is 13.4. The van der Waals surface area contributed by atoms with Crippen molar-refractivity contribution in [1.82, 2.24) is 19.4 Å². The van der Waals surface area contributed by atoms with Gasteiger partial charge in [-0.2, -0.15) is 0 Å². The highest BCUT2D eigenvalue weighted by atomic mass is 35.5. The van der Waals surface area contributed by atoms with Gasteiger partial charge in [0.1, 0.15) is 6.54 Å². The van der Waals surface area contributed by atoms with E-state index in [0.717, 1.165) is 15.7 Å². The Morgan fingerprint density at radius 1 is 1.09 bits per heavy atom. The molecule has 0 aliphatic rings. The maximum atomic E-state index is 13.4. The predicted molar refractivity (Wildman–Crippen MR) is 125 cm³/mol. The number of carbonyl (C=O) groups excluding carboxylic acids is 1. The summed E-state index contributed by atoms with van der Waals surface area (Å²) in [7, 11) is 0. The lowest BCUT2D eigenvalue weighted by Crippen LogP contribution is -2.41. The van der Waals surface area contributed by atoms with Gasteiger partial charge in [-0.1, -0.05) is 35.3 Å². The molecule has 4 rings (SSSR count). The number of benzene rings is 2. The van der Waals surface area contributed by atoms with E-state index in [-0.39, 0.29) is 24.0 Å². The van der Waals surface area contributed by atoms with Gasteiger partial charge in [0.2, 0.25) is 5.91 Å². The van der Waals surface area contributed by atoms with Crippen molar-refractivity contribution in [2.75, 3.05) is 0 Å². The van der Waals surface area contributed by atoms with Crippen LogP contribution in [0.5, 0.6) is 0 Å². The molecule has 0 unspecified atom stereocenters. The van der Waals surface area contributed by atoms with Crippen LogP contribution in [-0.4, -0.2) is 20.0 Å². The van der Waals surface area contributed by atoms with Crippen molar-refractivity contribution in [3.63, 3.8) is 0 Å². The van der Waals surface area contributed by atoms with E-state index in [1.807, 2.05) is 13.0 Å². The first-order valence-electron chi connectivity index (χ1n) is 9.72. The number of hydrogen-bond acceptors (Lipinski definition) is 4. The molecule has 1 amide bonds. The van der Waals surface area contributed by atoms with Crippen LogP contribution in [0.1, 0.15) is 11.1 Å². The van der Waals surface area contributed by atoms with E-state index in [2.05, 4.69) is 10.3 Å². The lowest BCUT2D eigenvalue weighted by molar-refractivity contribution is -0.121. The van der Waals surface area contributed by atoms with Crippen LogP contribution in [0.4, 0.5) is 0 Å². The molecule has 2 heterocycles. The molecule has 9 heteroatoms. The smallest absolute Gasteiger partial charge is 0.336 e. The Kier molecular flexibility index (Phi) is 6.12. The number of nitrogens with zero attached hydrogens (tertiary/aromatic N) is 3. The SMILES string of the molecule is Cc1ccc(-n2c(=O)c3ccc(Cl)cc3n(CC(=O)NCc3cccnc3)c2=O)cc1Cl. The quantitative estimate of drug-likeness (QED) is 0.485. The third-order valence-electron chi connectivity index (χ3n) is 5.03. The average molecular weight is 469 g/mol. The normalized spacial score (nSPS) is 11.0. The van der Waals surface area contributed by atoms with Gasteiger partial charge in [0.05, 0.1) is 16.6 Å². The topological polar surface area (TPSA) is 86.0 Å². The van der Waals surface area contributed by atoms with E-state index in [1.165, 1.54) is 16.7 Å². The molecule has 32 heavy (non-hydrogen) atoms. The number of aromatic nitrogens is 3. The van der Waals surface area contributed by atoms with E-state index in [0.29, 0.717) is 15.7 Å². The standard InChI is InChI=1S/C23H18Cl2N4O3/c1-14-4-6-17(10-19(14)25)29-22(31)18-7-5-16(24)9-20(18)28(23(29)32)13-21(30)27-12-15-3-2-8-26-11-15/h2-11H,12-13H2,1H3,(H,27,30). The Morgan fingerprint density at radius 2 is 1.91 bits per heavy atom. The number of fused-ring (bicyclic) bond motifs is 1. The fourth-order valence-corrected chi connectivity index (χ4v) is 3.69. The van der Waals surface area contributed by atoms with Gasteiger partial charge < -0.3 is 5.32 Å². The minimum Gasteiger partial charge on any atom is -0.350 e. The van der Waals surface area contributed by atoms with Gasteiger partial charge in [-0.3, -0.25) is 19.1 Å². The molecule has 0 saturated heterocycles. The van der Waals surface area contributed by atoms with E-state index in [9.17, 15) is 14.4 Å². The highest BCUT2D eigenvalue weighted by Gasteiger charge is 2.17. The summed E-state index contributed by atoms with van der Waals surface area (Å²) in [4.78, 5) is 43.2. The van der Waals surface area contributed by atoms with Gasteiger partial charge in [0.15, 0.2) is 0 Å². The molecular weight excluding hydrogens is 451 g/mol. The molecule has 0 fully saturated rings. The highest BCUT2D eigenvalue weighted by molar-refractivity contribution is 6.31. The summed E-state index contributed by atoms with van der Waals surface area (Å²) in [6, 6.07) is 13.1. The van der Waals surface area contributed by atoms with Crippen LogP contribution >= 0.6 is 23.2 Å². The lowest BCUT2D eigenvalue weighted by Gasteiger charge is -2.15. The number of amides is 1. The predicted octanol–water partition coefficient (Wildman–Crippen LogP) is 3.48. The number of carbonyl (C=O) groups is 1. The van der Waals surface area contributed by atoms with Gasteiger partial charge in [-0.05, 0) is 54.4 Å². The fourth-order valence-electron chi connectivity index (χ4n) is 3.34. The molecule has 0 aliphatic heterocycles. The van der Waals surface area contributed by atoms with Crippen molar-refractivity contribution < 1.29 is 4.79 Å². The first kappa shape index (κ1) is 21.8. The van der Waals surface area contributed by atoms with E-state index in [4.69, 9.17) is 23.2 Å². The Bertz CT molecular complexity index is 1450. The molecule has 0 aliphatic carbocycles. The van der Waals surface area contributed by atoms with Gasteiger partial charge >= 0.3 is 5.69 Å². The lowest BCUT2D eigenvalue weighted by atomic mass is 10.2. The summed E-state index contributed by atoms with van der Waals surface area (Å²) < 4.78 is 2.24. The maximum Gasteiger partial charge on any atom is 0.336 e. The molecular formula is C23H18Cl2N4O3. The zero-order chi connectivity index (χ0) is 22.8. The number of nitrogens with one attached hydrogen (secondary N) is 1. The first-order valence-corrected chi connectivity index (χ1v) is 10.5.